The van der Waals surface area contributed by atoms with Crippen LogP contribution in [-0.4, -0.2) is 62.9 Å². The quantitative estimate of drug-likeness (QED) is 0.461. The largest absolute Gasteiger partial charge is 2.00 e. The summed E-state index contributed by atoms with van der Waals surface area (Å²) in [6.07, 6.45) is -0.706. The Balaban J connectivity index is -0.0000000320. The normalized spacial score (nSPS) is 8.07. The van der Waals surface area contributed by atoms with Crippen LogP contribution in [0.25, 0.3) is 0 Å². The van der Waals surface area contributed by atoms with Crippen molar-refractivity contribution in [3.63, 3.8) is 0 Å². The standard InChI is InChI=1S/C4H7NO4.Mg.4H2O/c5-2(4(8)9)1-3(6)7;;;;;/h2H,1,5H2,(H,6,7)(H,8,9);;4*1H2/q;+2;;;;/p-2. The van der Waals surface area contributed by atoms with Crippen LogP contribution in [0.3, 0.4) is 0 Å². The minimum atomic E-state index is -1.58. The number of aliphatic carboxylic acids is 2. The number of carbonyl (C=O) groups excluding carboxylic acids is 2. The van der Waals surface area contributed by atoms with Crippen molar-refractivity contribution >= 4 is 35.0 Å². The molecule has 10 heteroatoms. The summed E-state index contributed by atoms with van der Waals surface area (Å²) in [5.41, 5.74) is 4.73. The maximum Gasteiger partial charge on any atom is 2.00 e. The second-order valence-electron chi connectivity index (χ2n) is 1.50. The third-order valence-corrected chi connectivity index (χ3v) is 0.689. The van der Waals surface area contributed by atoms with Crippen molar-refractivity contribution in [2.75, 3.05) is 0 Å². The summed E-state index contributed by atoms with van der Waals surface area (Å²) >= 11 is 0. The van der Waals surface area contributed by atoms with Gasteiger partial charge in [0.15, 0.2) is 0 Å². The zero-order chi connectivity index (χ0) is 7.44. The Morgan fingerprint density at radius 2 is 1.36 bits per heavy atom. The predicted octanol–water partition coefficient (Wildman–Crippen LogP) is -7.48. The Bertz CT molecular complexity index is 141. The smallest absolute Gasteiger partial charge is 0.550 e. The van der Waals surface area contributed by atoms with E-state index < -0.39 is 24.4 Å². The van der Waals surface area contributed by atoms with Gasteiger partial charge in [0.25, 0.3) is 0 Å². The van der Waals surface area contributed by atoms with E-state index >= 15 is 0 Å². The number of carbonyl (C=O) groups is 2. The van der Waals surface area contributed by atoms with E-state index in [1.165, 1.54) is 0 Å². The number of carboxylic acid groups (broad SMARTS) is 2. The van der Waals surface area contributed by atoms with Crippen LogP contribution in [0.2, 0.25) is 0 Å². The maximum absolute atomic E-state index is 9.71. The van der Waals surface area contributed by atoms with Crippen molar-refractivity contribution in [2.24, 2.45) is 5.73 Å². The fraction of sp³-hybridized carbons (Fsp3) is 0.500. The van der Waals surface area contributed by atoms with Crippen molar-refractivity contribution in [2.45, 2.75) is 12.5 Å². The van der Waals surface area contributed by atoms with Gasteiger partial charge < -0.3 is 47.4 Å². The van der Waals surface area contributed by atoms with Gasteiger partial charge in [-0.3, -0.25) is 0 Å². The van der Waals surface area contributed by atoms with Crippen LogP contribution in [0.15, 0.2) is 0 Å². The van der Waals surface area contributed by atoms with Crippen LogP contribution in [0.4, 0.5) is 0 Å². The van der Waals surface area contributed by atoms with E-state index in [0.717, 1.165) is 0 Å². The van der Waals surface area contributed by atoms with E-state index in [2.05, 4.69) is 0 Å². The number of nitrogens with two attached hydrogens (primary N) is 1. The molecule has 9 nitrogen and oxygen atoms in total. The van der Waals surface area contributed by atoms with Gasteiger partial charge in [0.2, 0.25) is 0 Å². The summed E-state index contributed by atoms with van der Waals surface area (Å²) in [6.45, 7) is 0. The zero-order valence-electron chi connectivity index (χ0n) is 7.20. The molecule has 0 rings (SSSR count). The van der Waals surface area contributed by atoms with Crippen LogP contribution >= 0.6 is 0 Å². The number of rotatable bonds is 3. The van der Waals surface area contributed by atoms with Gasteiger partial charge in [-0.1, -0.05) is 0 Å². The molecule has 0 saturated heterocycles. The molecule has 0 radical (unpaired) electrons. The van der Waals surface area contributed by atoms with Crippen LogP contribution < -0.4 is 15.9 Å². The summed E-state index contributed by atoms with van der Waals surface area (Å²) in [5, 5.41) is 19.3. The minimum absolute atomic E-state index is 0. The van der Waals surface area contributed by atoms with E-state index in [-0.39, 0.29) is 45.0 Å². The first-order valence-corrected chi connectivity index (χ1v) is 2.20. The van der Waals surface area contributed by atoms with Crippen molar-refractivity contribution in [3.05, 3.63) is 0 Å². The van der Waals surface area contributed by atoms with Gasteiger partial charge in [-0.15, -0.1) is 0 Å². The van der Waals surface area contributed by atoms with Crippen molar-refractivity contribution in [1.82, 2.24) is 0 Å². The third-order valence-electron chi connectivity index (χ3n) is 0.689. The molecule has 0 aliphatic heterocycles. The molecule has 0 aliphatic carbocycles. The van der Waals surface area contributed by atoms with Crippen LogP contribution in [0, 0.1) is 0 Å². The molecule has 10 N–H and O–H groups in total. The van der Waals surface area contributed by atoms with Crippen molar-refractivity contribution in [3.8, 4) is 0 Å². The molecular weight excluding hydrogens is 214 g/mol. The van der Waals surface area contributed by atoms with E-state index in [0.29, 0.717) is 0 Å². The molecule has 0 aromatic carbocycles. The molecule has 0 fully saturated rings. The molecule has 0 heterocycles. The van der Waals surface area contributed by atoms with Crippen molar-refractivity contribution in [1.29, 1.82) is 0 Å². The second kappa shape index (κ2) is 18.3. The molecule has 0 bridgehead atoms. The monoisotopic (exact) mass is 227 g/mol. The topological polar surface area (TPSA) is 232 Å². The second-order valence-corrected chi connectivity index (χ2v) is 1.50. The fourth-order valence-electron chi connectivity index (χ4n) is 0.263. The molecule has 0 amide bonds. The molecule has 84 valence electrons. The molecule has 0 aliphatic rings. The summed E-state index contributed by atoms with van der Waals surface area (Å²) in [4.78, 5) is 19.3. The molecule has 1 unspecified atom stereocenters. The van der Waals surface area contributed by atoms with E-state index in [1.807, 2.05) is 0 Å². The molecule has 0 spiro atoms. The summed E-state index contributed by atoms with van der Waals surface area (Å²) < 4.78 is 0. The van der Waals surface area contributed by atoms with Crippen LogP contribution in [0.5, 0.6) is 0 Å². The minimum Gasteiger partial charge on any atom is -0.550 e. The zero-order valence-corrected chi connectivity index (χ0v) is 8.62. The summed E-state index contributed by atoms with van der Waals surface area (Å²) in [7, 11) is 0. The van der Waals surface area contributed by atoms with Gasteiger partial charge in [0, 0.05) is 18.4 Å². The summed E-state index contributed by atoms with van der Waals surface area (Å²) in [5.74, 6) is -3.08. The average Bonchev–Trinajstić information content (AvgIpc) is 1.63. The van der Waals surface area contributed by atoms with E-state index in [1.54, 1.807) is 0 Å². The van der Waals surface area contributed by atoms with E-state index in [9.17, 15) is 19.8 Å². The molecule has 14 heavy (non-hydrogen) atoms. The first-order chi connectivity index (χ1) is 4.04. The van der Waals surface area contributed by atoms with Gasteiger partial charge in [-0.05, 0) is 0 Å². The Hall–Kier alpha value is -0.494. The molecule has 0 aromatic heterocycles. The van der Waals surface area contributed by atoms with Gasteiger partial charge in [0.1, 0.15) is 0 Å². The van der Waals surface area contributed by atoms with Crippen molar-refractivity contribution < 1.29 is 41.7 Å². The molecule has 0 saturated carbocycles. The molecule has 1 atom stereocenters. The van der Waals surface area contributed by atoms with Crippen LogP contribution in [-0.2, 0) is 9.59 Å². The van der Waals surface area contributed by atoms with Gasteiger partial charge in [-0.25, -0.2) is 0 Å². The van der Waals surface area contributed by atoms with E-state index in [4.69, 9.17) is 5.73 Å². The van der Waals surface area contributed by atoms with Gasteiger partial charge in [-0.2, -0.15) is 0 Å². The SMILES string of the molecule is NC(CC(=O)[O-])C(=O)[O-].O.O.O.O.[Mg+2]. The Morgan fingerprint density at radius 1 is 1.07 bits per heavy atom. The number of carboxylic acids is 2. The first kappa shape index (κ1) is 37.5. The molecular formula is C4H13MgNO8. The fourth-order valence-corrected chi connectivity index (χ4v) is 0.263. The number of hydrogen-bond acceptors (Lipinski definition) is 5. The average molecular weight is 227 g/mol. The Morgan fingerprint density at radius 3 is 1.43 bits per heavy atom. The van der Waals surface area contributed by atoms with Gasteiger partial charge >= 0.3 is 23.1 Å². The summed E-state index contributed by atoms with van der Waals surface area (Å²) in [6, 6.07) is -1.46. The first-order valence-electron chi connectivity index (χ1n) is 2.20. The number of hydrogen-bond donors (Lipinski definition) is 1. The Labute approximate surface area is 95.3 Å². The van der Waals surface area contributed by atoms with Crippen LogP contribution in [0.1, 0.15) is 6.42 Å². The van der Waals surface area contributed by atoms with Gasteiger partial charge in [0.05, 0.1) is 5.97 Å². The third kappa shape index (κ3) is 22.5. The Kier molecular flexibility index (Phi) is 49.1. The molecule has 0 aromatic rings. The predicted molar refractivity (Wildman–Crippen MR) is 42.8 cm³/mol. The maximum atomic E-state index is 9.71.